The third-order valence-corrected chi connectivity index (χ3v) is 5.51. The van der Waals surface area contributed by atoms with Crippen LogP contribution in [0, 0.1) is 24.6 Å². The highest BCUT2D eigenvalue weighted by atomic mass is 19.1. The summed E-state index contributed by atoms with van der Waals surface area (Å²) in [6.45, 7) is 8.93. The summed E-state index contributed by atoms with van der Waals surface area (Å²) in [5.74, 6) is 1.06. The Morgan fingerprint density at radius 1 is 1.14 bits per heavy atom. The number of anilines is 1. The van der Waals surface area contributed by atoms with E-state index in [9.17, 15) is 9.50 Å². The summed E-state index contributed by atoms with van der Waals surface area (Å²) in [7, 11) is 0. The number of hydrogen-bond donors (Lipinski definition) is 2. The monoisotopic (exact) mass is 379 g/mol. The molecule has 4 nitrogen and oxygen atoms in total. The number of rotatable bonds is 3. The van der Waals surface area contributed by atoms with Gasteiger partial charge in [-0.2, -0.15) is 0 Å². The van der Waals surface area contributed by atoms with Crippen LogP contribution < -0.4 is 4.90 Å². The van der Waals surface area contributed by atoms with E-state index in [4.69, 9.17) is 0 Å². The van der Waals surface area contributed by atoms with Crippen molar-refractivity contribution in [2.45, 2.75) is 27.2 Å². The molecule has 1 saturated heterocycles. The van der Waals surface area contributed by atoms with Gasteiger partial charge in [-0.3, -0.25) is 4.99 Å². The van der Waals surface area contributed by atoms with Crippen molar-refractivity contribution in [3.8, 4) is 5.88 Å². The summed E-state index contributed by atoms with van der Waals surface area (Å²) in [6, 6.07) is 10.6. The standard InChI is InChI=1S/C23H26FN3O/c1-14-8-15(2)13-27(12-14)22-7-5-18(9-16(22)3)25-11-20-19-6-4-17(24)10-21(19)26-23(20)28/h4-7,9-11,14-15,26,28H,8,12-13H2,1-3H3. The lowest BCUT2D eigenvalue weighted by molar-refractivity contribution is 0.356. The number of piperidine rings is 1. The predicted molar refractivity (Wildman–Crippen MR) is 114 cm³/mol. The first-order chi connectivity index (χ1) is 13.4. The van der Waals surface area contributed by atoms with Gasteiger partial charge in [0.2, 0.25) is 0 Å². The predicted octanol–water partition coefficient (Wildman–Crippen LogP) is 5.55. The summed E-state index contributed by atoms with van der Waals surface area (Å²) in [6.07, 6.45) is 2.92. The Balaban J connectivity index is 1.59. The van der Waals surface area contributed by atoms with Crippen LogP contribution in [0.2, 0.25) is 0 Å². The average molecular weight is 379 g/mol. The zero-order chi connectivity index (χ0) is 19.8. The number of halogens is 1. The van der Waals surface area contributed by atoms with E-state index in [1.165, 1.54) is 29.8 Å². The van der Waals surface area contributed by atoms with Gasteiger partial charge in [0.05, 0.1) is 16.8 Å². The van der Waals surface area contributed by atoms with Gasteiger partial charge in [0.1, 0.15) is 5.82 Å². The van der Waals surface area contributed by atoms with Gasteiger partial charge in [-0.15, -0.1) is 0 Å². The van der Waals surface area contributed by atoms with Crippen LogP contribution in [-0.4, -0.2) is 29.4 Å². The molecule has 28 heavy (non-hydrogen) atoms. The van der Waals surface area contributed by atoms with Crippen molar-refractivity contribution in [2.75, 3.05) is 18.0 Å². The second-order valence-electron chi connectivity index (χ2n) is 8.16. The molecular weight excluding hydrogens is 353 g/mol. The van der Waals surface area contributed by atoms with Crippen molar-refractivity contribution in [1.29, 1.82) is 0 Å². The minimum absolute atomic E-state index is 0.00557. The first-order valence-corrected chi connectivity index (χ1v) is 9.80. The van der Waals surface area contributed by atoms with Crippen LogP contribution in [0.4, 0.5) is 15.8 Å². The number of aryl methyl sites for hydroxylation is 1. The highest BCUT2D eigenvalue weighted by molar-refractivity contribution is 6.02. The van der Waals surface area contributed by atoms with Gasteiger partial charge in [0.25, 0.3) is 0 Å². The van der Waals surface area contributed by atoms with Crippen LogP contribution in [0.25, 0.3) is 10.9 Å². The molecule has 1 aliphatic rings. The van der Waals surface area contributed by atoms with Crippen LogP contribution in [-0.2, 0) is 0 Å². The maximum absolute atomic E-state index is 13.4. The SMILES string of the molecule is Cc1cc(N=Cc2c(O)[nH]c3cc(F)ccc23)ccc1N1CC(C)CC(C)C1. The molecule has 1 aromatic heterocycles. The molecule has 2 unspecified atom stereocenters. The number of fused-ring (bicyclic) bond motifs is 1. The van der Waals surface area contributed by atoms with Crippen LogP contribution in [0.3, 0.4) is 0 Å². The molecule has 0 aliphatic carbocycles. The Labute approximate surface area is 164 Å². The van der Waals surface area contributed by atoms with E-state index in [0.717, 1.165) is 24.2 Å². The molecule has 1 fully saturated rings. The quantitative estimate of drug-likeness (QED) is 0.586. The Morgan fingerprint density at radius 2 is 1.89 bits per heavy atom. The topological polar surface area (TPSA) is 51.6 Å². The minimum atomic E-state index is -0.343. The smallest absolute Gasteiger partial charge is 0.198 e. The maximum atomic E-state index is 13.4. The van der Waals surface area contributed by atoms with E-state index in [0.29, 0.717) is 22.9 Å². The van der Waals surface area contributed by atoms with E-state index in [1.54, 1.807) is 12.3 Å². The van der Waals surface area contributed by atoms with Gasteiger partial charge in [0, 0.05) is 30.4 Å². The number of aliphatic imine (C=N–C) groups is 1. The fraction of sp³-hybridized carbons (Fsp3) is 0.348. The molecule has 0 bridgehead atoms. The second-order valence-corrected chi connectivity index (χ2v) is 8.16. The Morgan fingerprint density at radius 3 is 2.61 bits per heavy atom. The third-order valence-electron chi connectivity index (χ3n) is 5.51. The summed E-state index contributed by atoms with van der Waals surface area (Å²) in [5.41, 5.74) is 4.41. The summed E-state index contributed by atoms with van der Waals surface area (Å²) >= 11 is 0. The number of aromatic amines is 1. The normalized spacial score (nSPS) is 20.4. The van der Waals surface area contributed by atoms with Crippen LogP contribution in [0.1, 0.15) is 31.4 Å². The van der Waals surface area contributed by atoms with E-state index >= 15 is 0 Å². The summed E-state index contributed by atoms with van der Waals surface area (Å²) < 4.78 is 13.4. The molecule has 0 spiro atoms. The minimum Gasteiger partial charge on any atom is -0.494 e. The largest absolute Gasteiger partial charge is 0.494 e. The van der Waals surface area contributed by atoms with Gasteiger partial charge in [-0.05, 0) is 67.1 Å². The lowest BCUT2D eigenvalue weighted by atomic mass is 9.91. The highest BCUT2D eigenvalue weighted by Crippen LogP contribution is 2.31. The van der Waals surface area contributed by atoms with Gasteiger partial charge < -0.3 is 15.0 Å². The third kappa shape index (κ3) is 3.61. The zero-order valence-electron chi connectivity index (χ0n) is 16.5. The highest BCUT2D eigenvalue weighted by Gasteiger charge is 2.22. The number of nitrogens with zero attached hydrogens (tertiary/aromatic N) is 2. The maximum Gasteiger partial charge on any atom is 0.198 e. The summed E-state index contributed by atoms with van der Waals surface area (Å²) in [4.78, 5) is 9.81. The average Bonchev–Trinajstić information content (AvgIpc) is 2.93. The number of hydrogen-bond acceptors (Lipinski definition) is 3. The molecule has 5 heteroatoms. The number of H-pyrrole nitrogens is 1. The Kier molecular flexibility index (Phi) is 4.84. The van der Waals surface area contributed by atoms with Crippen molar-refractivity contribution in [2.24, 2.45) is 16.8 Å². The van der Waals surface area contributed by atoms with Gasteiger partial charge >= 0.3 is 0 Å². The number of benzene rings is 2. The van der Waals surface area contributed by atoms with Crippen LogP contribution in [0.5, 0.6) is 5.88 Å². The molecule has 3 aromatic rings. The first kappa shape index (κ1) is 18.5. The molecule has 2 atom stereocenters. The molecule has 4 rings (SSSR count). The Bertz CT molecular complexity index is 1030. The van der Waals surface area contributed by atoms with E-state index < -0.39 is 0 Å². The zero-order valence-corrected chi connectivity index (χ0v) is 16.5. The lowest BCUT2D eigenvalue weighted by Gasteiger charge is -2.37. The van der Waals surface area contributed by atoms with E-state index in [-0.39, 0.29) is 11.7 Å². The molecule has 1 aliphatic heterocycles. The fourth-order valence-corrected chi connectivity index (χ4v) is 4.38. The summed E-state index contributed by atoms with van der Waals surface area (Å²) in [5, 5.41) is 10.9. The number of aromatic hydroxyl groups is 1. The molecule has 0 radical (unpaired) electrons. The molecule has 146 valence electrons. The number of nitrogens with one attached hydrogen (secondary N) is 1. The molecule has 0 amide bonds. The first-order valence-electron chi connectivity index (χ1n) is 9.80. The molecule has 0 saturated carbocycles. The molecular formula is C23H26FN3O. The molecule has 2 aromatic carbocycles. The van der Waals surface area contributed by atoms with Gasteiger partial charge in [-0.1, -0.05) is 13.8 Å². The van der Waals surface area contributed by atoms with Crippen molar-refractivity contribution in [3.05, 3.63) is 53.3 Å². The van der Waals surface area contributed by atoms with Crippen LogP contribution >= 0.6 is 0 Å². The van der Waals surface area contributed by atoms with Gasteiger partial charge in [-0.25, -0.2) is 4.39 Å². The number of aromatic nitrogens is 1. The fourth-order valence-electron chi connectivity index (χ4n) is 4.38. The van der Waals surface area contributed by atoms with E-state index in [2.05, 4.69) is 47.8 Å². The van der Waals surface area contributed by atoms with Crippen molar-refractivity contribution >= 4 is 28.5 Å². The van der Waals surface area contributed by atoms with Crippen molar-refractivity contribution < 1.29 is 9.50 Å². The van der Waals surface area contributed by atoms with E-state index in [1.807, 2.05) is 6.07 Å². The van der Waals surface area contributed by atoms with Crippen LogP contribution in [0.15, 0.2) is 41.4 Å². The molecule has 2 heterocycles. The molecule has 2 N–H and O–H groups in total. The lowest BCUT2D eigenvalue weighted by Crippen LogP contribution is -2.39. The Hall–Kier alpha value is -2.82. The van der Waals surface area contributed by atoms with Gasteiger partial charge in [0.15, 0.2) is 5.88 Å². The van der Waals surface area contributed by atoms with Crippen molar-refractivity contribution in [1.82, 2.24) is 4.98 Å². The second kappa shape index (κ2) is 7.30. The van der Waals surface area contributed by atoms with Crippen molar-refractivity contribution in [3.63, 3.8) is 0 Å².